The molecular formula is C18H16ClFN2O3S3. The number of amides is 1. The fourth-order valence-electron chi connectivity index (χ4n) is 2.56. The van der Waals surface area contributed by atoms with Crippen LogP contribution in [0, 0.1) is 5.82 Å². The first-order chi connectivity index (χ1) is 13.3. The zero-order valence-corrected chi connectivity index (χ0v) is 18.0. The van der Waals surface area contributed by atoms with E-state index in [0.717, 1.165) is 40.2 Å². The van der Waals surface area contributed by atoms with Gasteiger partial charge in [-0.3, -0.25) is 4.79 Å². The SMILES string of the molecule is CSCCn1c(=NC(=O)CS(=O)(=O)c2ccc(F)cc2)sc2cc(Cl)ccc21. The Morgan fingerprint density at radius 2 is 1.96 bits per heavy atom. The van der Waals surface area contributed by atoms with Gasteiger partial charge in [0, 0.05) is 17.3 Å². The largest absolute Gasteiger partial charge is 0.316 e. The van der Waals surface area contributed by atoms with Crippen LogP contribution in [0.4, 0.5) is 4.39 Å². The zero-order valence-electron chi connectivity index (χ0n) is 14.8. The Kier molecular flexibility index (Phi) is 6.59. The molecule has 0 unspecified atom stereocenters. The summed E-state index contributed by atoms with van der Waals surface area (Å²) in [5.41, 5.74) is 0.886. The van der Waals surface area contributed by atoms with Crippen molar-refractivity contribution in [3.05, 3.63) is 58.1 Å². The van der Waals surface area contributed by atoms with E-state index in [9.17, 15) is 17.6 Å². The number of rotatable bonds is 6. The van der Waals surface area contributed by atoms with Crippen LogP contribution in [0.1, 0.15) is 0 Å². The third kappa shape index (κ3) is 4.83. The summed E-state index contributed by atoms with van der Waals surface area (Å²) < 4.78 is 40.5. The third-order valence-electron chi connectivity index (χ3n) is 3.87. The van der Waals surface area contributed by atoms with Gasteiger partial charge < -0.3 is 4.57 Å². The first-order valence-corrected chi connectivity index (χ1v) is 12.4. The van der Waals surface area contributed by atoms with E-state index in [2.05, 4.69) is 4.99 Å². The minimum atomic E-state index is -3.90. The van der Waals surface area contributed by atoms with Gasteiger partial charge >= 0.3 is 0 Å². The Morgan fingerprint density at radius 1 is 1.25 bits per heavy atom. The Morgan fingerprint density at radius 3 is 2.64 bits per heavy atom. The van der Waals surface area contributed by atoms with E-state index in [0.29, 0.717) is 16.4 Å². The first kappa shape index (κ1) is 21.0. The molecule has 3 rings (SSSR count). The lowest BCUT2D eigenvalue weighted by Crippen LogP contribution is -2.21. The summed E-state index contributed by atoms with van der Waals surface area (Å²) in [6, 6.07) is 9.76. The van der Waals surface area contributed by atoms with Crippen molar-refractivity contribution in [1.29, 1.82) is 0 Å². The van der Waals surface area contributed by atoms with Gasteiger partial charge in [-0.05, 0) is 48.7 Å². The predicted octanol–water partition coefficient (Wildman–Crippen LogP) is 3.76. The lowest BCUT2D eigenvalue weighted by atomic mass is 10.3. The smallest absolute Gasteiger partial charge is 0.263 e. The second-order valence-electron chi connectivity index (χ2n) is 5.86. The number of thiazole rings is 1. The van der Waals surface area contributed by atoms with Gasteiger partial charge in [0.15, 0.2) is 14.6 Å². The first-order valence-electron chi connectivity index (χ1n) is 8.14. The van der Waals surface area contributed by atoms with Crippen molar-refractivity contribution in [2.45, 2.75) is 11.4 Å². The lowest BCUT2D eigenvalue weighted by molar-refractivity contribution is -0.115. The second kappa shape index (κ2) is 8.77. The highest BCUT2D eigenvalue weighted by Gasteiger charge is 2.19. The molecule has 3 aromatic rings. The van der Waals surface area contributed by atoms with Crippen LogP contribution < -0.4 is 4.80 Å². The molecule has 0 saturated heterocycles. The highest BCUT2D eigenvalue weighted by molar-refractivity contribution is 7.98. The molecule has 0 saturated carbocycles. The van der Waals surface area contributed by atoms with Gasteiger partial charge in [-0.15, -0.1) is 0 Å². The summed E-state index contributed by atoms with van der Waals surface area (Å²) in [6.45, 7) is 0.625. The monoisotopic (exact) mass is 458 g/mol. The number of thioether (sulfide) groups is 1. The predicted molar refractivity (Wildman–Crippen MR) is 112 cm³/mol. The van der Waals surface area contributed by atoms with Crippen LogP contribution >= 0.6 is 34.7 Å². The fourth-order valence-corrected chi connectivity index (χ4v) is 5.38. The molecule has 2 aromatic carbocycles. The van der Waals surface area contributed by atoms with Crippen LogP contribution in [-0.2, 0) is 21.2 Å². The quantitative estimate of drug-likeness (QED) is 0.527. The molecule has 1 amide bonds. The van der Waals surface area contributed by atoms with Gasteiger partial charge in [0.1, 0.15) is 11.6 Å². The molecule has 5 nitrogen and oxygen atoms in total. The summed E-state index contributed by atoms with van der Waals surface area (Å²) in [4.78, 5) is 16.7. The number of nitrogens with zero attached hydrogens (tertiary/aromatic N) is 2. The van der Waals surface area contributed by atoms with E-state index in [1.54, 1.807) is 23.9 Å². The molecule has 0 atom stereocenters. The minimum Gasteiger partial charge on any atom is -0.316 e. The maximum Gasteiger partial charge on any atom is 0.263 e. The minimum absolute atomic E-state index is 0.115. The molecule has 0 fully saturated rings. The lowest BCUT2D eigenvalue weighted by Gasteiger charge is -2.04. The van der Waals surface area contributed by atoms with Gasteiger partial charge in [0.25, 0.3) is 5.91 Å². The molecule has 1 heterocycles. The summed E-state index contributed by atoms with van der Waals surface area (Å²) in [5.74, 6) is -1.30. The van der Waals surface area contributed by atoms with Crippen LogP contribution in [0.3, 0.4) is 0 Å². The van der Waals surface area contributed by atoms with E-state index in [1.165, 1.54) is 11.3 Å². The van der Waals surface area contributed by atoms with Crippen molar-refractivity contribution in [1.82, 2.24) is 4.57 Å². The number of aromatic nitrogens is 1. The number of benzene rings is 2. The topological polar surface area (TPSA) is 68.5 Å². The molecule has 0 spiro atoms. The maximum atomic E-state index is 13.0. The van der Waals surface area contributed by atoms with E-state index < -0.39 is 27.3 Å². The van der Waals surface area contributed by atoms with Gasteiger partial charge in [-0.2, -0.15) is 16.8 Å². The molecule has 0 bridgehead atoms. The summed E-state index contributed by atoms with van der Waals surface area (Å²) in [7, 11) is -3.90. The Bertz CT molecular complexity index is 1190. The van der Waals surface area contributed by atoms with Gasteiger partial charge in [-0.1, -0.05) is 22.9 Å². The van der Waals surface area contributed by atoms with Crippen LogP contribution in [0.25, 0.3) is 10.2 Å². The van der Waals surface area contributed by atoms with Crippen molar-refractivity contribution >= 4 is 60.7 Å². The fraction of sp³-hybridized carbons (Fsp3) is 0.222. The Balaban J connectivity index is 1.96. The van der Waals surface area contributed by atoms with Crippen molar-refractivity contribution in [2.24, 2.45) is 4.99 Å². The number of fused-ring (bicyclic) bond motifs is 1. The van der Waals surface area contributed by atoms with E-state index >= 15 is 0 Å². The standard InChI is InChI=1S/C18H16ClFN2O3S3/c1-26-9-8-22-15-7-2-12(19)10-16(15)27-18(22)21-17(23)11-28(24,25)14-5-3-13(20)4-6-14/h2-7,10H,8-9,11H2,1H3. The van der Waals surface area contributed by atoms with Crippen molar-refractivity contribution in [2.75, 3.05) is 17.8 Å². The van der Waals surface area contributed by atoms with Crippen molar-refractivity contribution in [3.8, 4) is 0 Å². The average Bonchev–Trinajstić information content (AvgIpc) is 2.95. The highest BCUT2D eigenvalue weighted by Crippen LogP contribution is 2.22. The van der Waals surface area contributed by atoms with E-state index in [-0.39, 0.29) is 4.90 Å². The Labute approximate surface area is 174 Å². The molecule has 10 heteroatoms. The Hall–Kier alpha value is -1.68. The van der Waals surface area contributed by atoms with Crippen molar-refractivity contribution < 1.29 is 17.6 Å². The van der Waals surface area contributed by atoms with Gasteiger partial charge in [0.2, 0.25) is 0 Å². The zero-order chi connectivity index (χ0) is 20.3. The molecule has 1 aromatic heterocycles. The van der Waals surface area contributed by atoms with Gasteiger partial charge in [0.05, 0.1) is 15.1 Å². The van der Waals surface area contributed by atoms with E-state index in [1.807, 2.05) is 16.9 Å². The summed E-state index contributed by atoms with van der Waals surface area (Å²) in [6.07, 6.45) is 1.98. The molecule has 0 aliphatic heterocycles. The molecule has 148 valence electrons. The van der Waals surface area contributed by atoms with Crippen molar-refractivity contribution in [3.63, 3.8) is 0 Å². The average molecular weight is 459 g/mol. The molecule has 0 aliphatic rings. The number of halogens is 2. The molecule has 28 heavy (non-hydrogen) atoms. The number of hydrogen-bond acceptors (Lipinski definition) is 5. The van der Waals surface area contributed by atoms with Crippen LogP contribution in [-0.4, -0.2) is 36.7 Å². The van der Waals surface area contributed by atoms with Crippen LogP contribution in [0.2, 0.25) is 5.02 Å². The molecule has 0 aliphatic carbocycles. The van der Waals surface area contributed by atoms with E-state index in [4.69, 9.17) is 11.6 Å². The number of aryl methyl sites for hydroxylation is 1. The summed E-state index contributed by atoms with van der Waals surface area (Å²) >= 11 is 8.98. The normalized spacial score (nSPS) is 12.6. The summed E-state index contributed by atoms with van der Waals surface area (Å²) in [5, 5.41) is 0.572. The number of carbonyl (C=O) groups excluding carboxylic acids is 1. The number of carbonyl (C=O) groups is 1. The van der Waals surface area contributed by atoms with Crippen LogP contribution in [0.15, 0.2) is 52.4 Å². The second-order valence-corrected chi connectivity index (χ2v) is 10.3. The molecular weight excluding hydrogens is 443 g/mol. The molecule has 0 radical (unpaired) electrons. The third-order valence-corrected chi connectivity index (χ3v) is 7.35. The van der Waals surface area contributed by atoms with Crippen LogP contribution in [0.5, 0.6) is 0 Å². The highest BCUT2D eigenvalue weighted by atomic mass is 35.5. The number of sulfone groups is 1. The molecule has 0 N–H and O–H groups in total. The van der Waals surface area contributed by atoms with Gasteiger partial charge in [-0.25, -0.2) is 12.8 Å². The number of hydrogen-bond donors (Lipinski definition) is 0. The maximum absolute atomic E-state index is 13.0.